The quantitative estimate of drug-likeness (QED) is 0.710. The highest BCUT2D eigenvalue weighted by Crippen LogP contribution is 2.18. The summed E-state index contributed by atoms with van der Waals surface area (Å²) in [6.45, 7) is 2.09. The molecule has 30 heavy (non-hydrogen) atoms. The third kappa shape index (κ3) is 6.04. The van der Waals surface area contributed by atoms with Crippen molar-refractivity contribution in [2.45, 2.75) is 6.42 Å². The van der Waals surface area contributed by atoms with E-state index in [-0.39, 0.29) is 30.6 Å². The summed E-state index contributed by atoms with van der Waals surface area (Å²) in [6.07, 6.45) is 0.278. The summed E-state index contributed by atoms with van der Waals surface area (Å²) < 4.78 is 16.1. The maximum atomic E-state index is 12.4. The second-order valence-corrected chi connectivity index (χ2v) is 6.82. The Morgan fingerprint density at radius 2 is 1.50 bits per heavy atom. The topological polar surface area (TPSA) is 88.5 Å². The molecule has 160 valence electrons. The van der Waals surface area contributed by atoms with Gasteiger partial charge in [-0.15, -0.1) is 0 Å². The first-order valence-corrected chi connectivity index (χ1v) is 9.79. The lowest BCUT2D eigenvalue weighted by molar-refractivity contribution is -0.141. The van der Waals surface area contributed by atoms with Gasteiger partial charge in [0.2, 0.25) is 5.91 Å². The SMILES string of the molecule is COc1ccc(OCCC(=O)N2CCN(C(=O)COc3cccc(O)c3)CC2)cc1. The molecule has 0 aromatic heterocycles. The average molecular weight is 414 g/mol. The average Bonchev–Trinajstić information content (AvgIpc) is 2.78. The van der Waals surface area contributed by atoms with Crippen molar-refractivity contribution >= 4 is 11.8 Å². The van der Waals surface area contributed by atoms with Crippen molar-refractivity contribution in [2.75, 3.05) is 46.5 Å². The number of amides is 2. The monoisotopic (exact) mass is 414 g/mol. The first-order valence-electron chi connectivity index (χ1n) is 9.79. The highest BCUT2D eigenvalue weighted by atomic mass is 16.5. The number of benzene rings is 2. The van der Waals surface area contributed by atoms with Crippen molar-refractivity contribution in [1.29, 1.82) is 0 Å². The molecule has 1 aliphatic rings. The summed E-state index contributed by atoms with van der Waals surface area (Å²) in [5.74, 6) is 1.82. The summed E-state index contributed by atoms with van der Waals surface area (Å²) in [4.78, 5) is 28.1. The van der Waals surface area contributed by atoms with E-state index in [4.69, 9.17) is 14.2 Å². The van der Waals surface area contributed by atoms with Gasteiger partial charge in [0.05, 0.1) is 20.1 Å². The molecule has 1 saturated heterocycles. The van der Waals surface area contributed by atoms with Gasteiger partial charge in [-0.3, -0.25) is 9.59 Å². The molecule has 0 saturated carbocycles. The summed E-state index contributed by atoms with van der Waals surface area (Å²) >= 11 is 0. The predicted molar refractivity (Wildman–Crippen MR) is 110 cm³/mol. The number of ether oxygens (including phenoxy) is 3. The van der Waals surface area contributed by atoms with Gasteiger partial charge < -0.3 is 29.1 Å². The van der Waals surface area contributed by atoms with Crippen molar-refractivity contribution in [2.24, 2.45) is 0 Å². The fraction of sp³-hybridized carbons (Fsp3) is 0.364. The van der Waals surface area contributed by atoms with Gasteiger partial charge in [-0.2, -0.15) is 0 Å². The molecule has 0 atom stereocenters. The number of methoxy groups -OCH3 is 1. The van der Waals surface area contributed by atoms with E-state index in [1.54, 1.807) is 53.3 Å². The van der Waals surface area contributed by atoms with Crippen molar-refractivity contribution in [3.63, 3.8) is 0 Å². The molecule has 0 radical (unpaired) electrons. The smallest absolute Gasteiger partial charge is 0.260 e. The molecule has 0 spiro atoms. The molecule has 0 unspecified atom stereocenters. The fourth-order valence-electron chi connectivity index (χ4n) is 3.10. The third-order valence-corrected chi connectivity index (χ3v) is 4.81. The molecule has 0 aliphatic carbocycles. The molecule has 0 bridgehead atoms. The van der Waals surface area contributed by atoms with E-state index in [9.17, 15) is 14.7 Å². The molecule has 8 heteroatoms. The van der Waals surface area contributed by atoms with Gasteiger partial charge in [0.15, 0.2) is 6.61 Å². The van der Waals surface area contributed by atoms with Crippen molar-refractivity contribution in [3.05, 3.63) is 48.5 Å². The molecule has 3 rings (SSSR count). The minimum absolute atomic E-state index is 0.00613. The normalized spacial score (nSPS) is 13.6. The molecule has 2 aromatic carbocycles. The fourth-order valence-corrected chi connectivity index (χ4v) is 3.10. The lowest BCUT2D eigenvalue weighted by Crippen LogP contribution is -2.51. The zero-order chi connectivity index (χ0) is 21.3. The van der Waals surface area contributed by atoms with Gasteiger partial charge in [0, 0.05) is 32.2 Å². The lowest BCUT2D eigenvalue weighted by atomic mass is 10.2. The molecule has 8 nitrogen and oxygen atoms in total. The number of carbonyl (C=O) groups excluding carboxylic acids is 2. The van der Waals surface area contributed by atoms with Crippen LogP contribution in [0.1, 0.15) is 6.42 Å². The van der Waals surface area contributed by atoms with Gasteiger partial charge in [-0.05, 0) is 36.4 Å². The van der Waals surface area contributed by atoms with E-state index in [1.807, 2.05) is 0 Å². The molecule has 1 heterocycles. The highest BCUT2D eigenvalue weighted by Gasteiger charge is 2.24. The maximum Gasteiger partial charge on any atom is 0.260 e. The van der Waals surface area contributed by atoms with Gasteiger partial charge in [-0.1, -0.05) is 6.07 Å². The van der Waals surface area contributed by atoms with Gasteiger partial charge in [0.1, 0.15) is 23.0 Å². The summed E-state index contributed by atoms with van der Waals surface area (Å²) in [7, 11) is 1.60. The Morgan fingerprint density at radius 3 is 2.13 bits per heavy atom. The van der Waals surface area contributed by atoms with Gasteiger partial charge in [0.25, 0.3) is 5.91 Å². The first-order chi connectivity index (χ1) is 14.5. The Hall–Kier alpha value is -3.42. The van der Waals surface area contributed by atoms with Crippen molar-refractivity contribution in [1.82, 2.24) is 9.80 Å². The maximum absolute atomic E-state index is 12.4. The Kier molecular flexibility index (Phi) is 7.37. The molecule has 2 aromatic rings. The minimum Gasteiger partial charge on any atom is -0.508 e. The number of aromatic hydroxyl groups is 1. The number of carbonyl (C=O) groups is 2. The van der Waals surface area contributed by atoms with Crippen LogP contribution in [-0.4, -0.2) is 73.2 Å². The minimum atomic E-state index is -0.145. The number of piperazine rings is 1. The van der Waals surface area contributed by atoms with Crippen LogP contribution in [0.3, 0.4) is 0 Å². The summed E-state index contributed by atoms with van der Waals surface area (Å²) in [5, 5.41) is 9.43. The van der Waals surface area contributed by atoms with E-state index >= 15 is 0 Å². The van der Waals surface area contributed by atoms with Crippen LogP contribution in [0.15, 0.2) is 48.5 Å². The lowest BCUT2D eigenvalue weighted by Gasteiger charge is -2.34. The number of nitrogens with zero attached hydrogens (tertiary/aromatic N) is 2. The number of phenols is 1. The van der Waals surface area contributed by atoms with Crippen molar-refractivity contribution < 1.29 is 28.9 Å². The zero-order valence-electron chi connectivity index (χ0n) is 17.0. The summed E-state index contributed by atoms with van der Waals surface area (Å²) in [5.41, 5.74) is 0. The molecule has 1 fully saturated rings. The van der Waals surface area contributed by atoms with Crippen LogP contribution in [0.4, 0.5) is 0 Å². The van der Waals surface area contributed by atoms with Gasteiger partial charge >= 0.3 is 0 Å². The van der Waals surface area contributed by atoms with Crippen LogP contribution in [0, 0.1) is 0 Å². The van der Waals surface area contributed by atoms with Crippen LogP contribution in [0.5, 0.6) is 23.0 Å². The van der Waals surface area contributed by atoms with Crippen LogP contribution in [0.25, 0.3) is 0 Å². The Morgan fingerprint density at radius 1 is 0.867 bits per heavy atom. The number of rotatable bonds is 8. The summed E-state index contributed by atoms with van der Waals surface area (Å²) in [6, 6.07) is 13.5. The molecule has 1 aliphatic heterocycles. The third-order valence-electron chi connectivity index (χ3n) is 4.81. The Bertz CT molecular complexity index is 847. The number of phenolic OH excluding ortho intramolecular Hbond substituents is 1. The number of hydrogen-bond acceptors (Lipinski definition) is 6. The number of hydrogen-bond donors (Lipinski definition) is 1. The first kappa shape index (κ1) is 21.3. The second-order valence-electron chi connectivity index (χ2n) is 6.82. The highest BCUT2D eigenvalue weighted by molar-refractivity contribution is 5.79. The zero-order valence-corrected chi connectivity index (χ0v) is 17.0. The van der Waals surface area contributed by atoms with E-state index in [0.29, 0.717) is 44.3 Å². The van der Waals surface area contributed by atoms with Crippen molar-refractivity contribution in [3.8, 4) is 23.0 Å². The van der Waals surface area contributed by atoms with E-state index in [0.717, 1.165) is 5.75 Å². The molecular formula is C22H26N2O6. The molecule has 2 amide bonds. The largest absolute Gasteiger partial charge is 0.508 e. The van der Waals surface area contributed by atoms with Crippen LogP contribution in [-0.2, 0) is 9.59 Å². The van der Waals surface area contributed by atoms with Crippen LogP contribution in [0.2, 0.25) is 0 Å². The Balaban J connectivity index is 1.35. The molecule has 1 N–H and O–H groups in total. The van der Waals surface area contributed by atoms with E-state index in [2.05, 4.69) is 0 Å². The molecular weight excluding hydrogens is 388 g/mol. The van der Waals surface area contributed by atoms with Crippen LogP contribution < -0.4 is 14.2 Å². The second kappa shape index (κ2) is 10.4. The van der Waals surface area contributed by atoms with E-state index in [1.165, 1.54) is 12.1 Å². The van der Waals surface area contributed by atoms with Crippen LogP contribution >= 0.6 is 0 Å². The van der Waals surface area contributed by atoms with E-state index < -0.39 is 0 Å². The predicted octanol–water partition coefficient (Wildman–Crippen LogP) is 1.92. The standard InChI is InChI=1S/C22H26N2O6/c1-28-18-5-7-19(8-6-18)29-14-9-21(26)23-10-12-24(13-11-23)22(27)16-30-20-4-2-3-17(25)15-20/h2-8,15,25H,9-14,16H2,1H3. The Labute approximate surface area is 175 Å². The van der Waals surface area contributed by atoms with Gasteiger partial charge in [-0.25, -0.2) is 0 Å².